The molecule has 1 saturated heterocycles. The number of rotatable bonds is 4. The summed E-state index contributed by atoms with van der Waals surface area (Å²) in [5, 5.41) is 26.8. The number of hydrogen-bond acceptors (Lipinski definition) is 8. The fraction of sp³-hybridized carbons (Fsp3) is 0.538. The number of anilines is 1. The zero-order chi connectivity index (χ0) is 17.2. The molecule has 24 heavy (non-hydrogen) atoms. The van der Waals surface area contributed by atoms with E-state index in [1.807, 2.05) is 4.57 Å². The van der Waals surface area contributed by atoms with E-state index in [1.54, 1.807) is 6.92 Å². The molecule has 2 unspecified atom stereocenters. The predicted molar refractivity (Wildman–Crippen MR) is 87.4 cm³/mol. The van der Waals surface area contributed by atoms with Gasteiger partial charge in [-0.15, -0.1) is 22.0 Å². The van der Waals surface area contributed by atoms with Gasteiger partial charge in [-0.1, -0.05) is 11.8 Å². The number of carboxylic acids is 1. The van der Waals surface area contributed by atoms with E-state index < -0.39 is 18.0 Å². The molecule has 1 aromatic heterocycles. The molecule has 4 rings (SSSR count). The fourth-order valence-corrected chi connectivity index (χ4v) is 6.49. The molecule has 4 N–H and O–H groups in total. The highest BCUT2D eigenvalue weighted by atomic mass is 32.2. The van der Waals surface area contributed by atoms with Gasteiger partial charge < -0.3 is 15.9 Å². The quantitative estimate of drug-likeness (QED) is 0.636. The second-order valence-corrected chi connectivity index (χ2v) is 8.49. The van der Waals surface area contributed by atoms with Crippen LogP contribution in [0.2, 0.25) is 0 Å². The average Bonchev–Trinajstić information content (AvgIpc) is 3.14. The zero-order valence-electron chi connectivity index (χ0n) is 12.6. The number of amides is 1. The third-order valence-electron chi connectivity index (χ3n) is 4.43. The number of carbonyl (C=O) groups excluding carboxylic acids is 1. The molecule has 4 heterocycles. The number of β-lactam (4-membered cyclic amide) rings is 1. The van der Waals surface area contributed by atoms with Gasteiger partial charge >= 0.3 is 5.97 Å². The molecule has 3 aliphatic heterocycles. The van der Waals surface area contributed by atoms with Gasteiger partial charge in [-0.2, -0.15) is 0 Å². The highest BCUT2D eigenvalue weighted by Gasteiger charge is 2.58. The zero-order valence-corrected chi connectivity index (χ0v) is 14.3. The van der Waals surface area contributed by atoms with Gasteiger partial charge in [0.1, 0.15) is 11.2 Å². The first-order valence-corrected chi connectivity index (χ1v) is 9.16. The number of aromatic nitrogens is 3. The Bertz CT molecular complexity index is 776. The van der Waals surface area contributed by atoms with E-state index in [-0.39, 0.29) is 22.2 Å². The lowest BCUT2D eigenvalue weighted by molar-refractivity contribution is -0.156. The molecule has 0 bridgehead atoms. The molecule has 0 aliphatic carbocycles. The van der Waals surface area contributed by atoms with Gasteiger partial charge in [0.05, 0.1) is 21.5 Å². The first kappa shape index (κ1) is 15.8. The van der Waals surface area contributed by atoms with Crippen molar-refractivity contribution in [2.75, 3.05) is 5.73 Å². The topological polar surface area (TPSA) is 135 Å². The summed E-state index contributed by atoms with van der Waals surface area (Å²) in [6.07, 6.45) is -0.0326. The van der Waals surface area contributed by atoms with Gasteiger partial charge in [0, 0.05) is 6.54 Å². The van der Waals surface area contributed by atoms with Crippen LogP contribution in [0.25, 0.3) is 0 Å². The van der Waals surface area contributed by atoms with Crippen LogP contribution in [0, 0.1) is 5.92 Å². The molecule has 0 radical (unpaired) electrons. The van der Waals surface area contributed by atoms with Crippen LogP contribution in [0.1, 0.15) is 24.4 Å². The summed E-state index contributed by atoms with van der Waals surface area (Å²) in [6, 6.07) is 0. The van der Waals surface area contributed by atoms with Crippen molar-refractivity contribution in [3.05, 3.63) is 15.8 Å². The van der Waals surface area contributed by atoms with Gasteiger partial charge in [0.2, 0.25) is 11.9 Å². The van der Waals surface area contributed by atoms with Crippen LogP contribution in [-0.2, 0) is 16.1 Å². The second-order valence-electron chi connectivity index (χ2n) is 5.89. The number of nitrogen functional groups attached to an aromatic ring is 1. The van der Waals surface area contributed by atoms with Gasteiger partial charge in [0.25, 0.3) is 0 Å². The van der Waals surface area contributed by atoms with Gasteiger partial charge in [-0.3, -0.25) is 14.3 Å². The summed E-state index contributed by atoms with van der Waals surface area (Å²) < 4.78 is 2.39. The van der Waals surface area contributed by atoms with Crippen molar-refractivity contribution in [3.8, 4) is 0 Å². The number of thioether (sulfide) groups is 2. The number of carboxylic acid groups (broad SMARTS) is 1. The molecule has 9 nitrogen and oxygen atoms in total. The number of aliphatic hydroxyl groups excluding tert-OH is 1. The van der Waals surface area contributed by atoms with Crippen molar-refractivity contribution in [1.29, 1.82) is 0 Å². The Kier molecular flexibility index (Phi) is 3.55. The molecule has 0 spiro atoms. The molecule has 3 aliphatic rings. The number of aliphatic carboxylic acids is 1. The van der Waals surface area contributed by atoms with Crippen LogP contribution in [-0.4, -0.2) is 53.2 Å². The number of carbonyl (C=O) groups is 2. The van der Waals surface area contributed by atoms with E-state index in [1.165, 1.54) is 28.4 Å². The van der Waals surface area contributed by atoms with Crippen LogP contribution in [0.3, 0.4) is 0 Å². The number of aliphatic hydroxyl groups is 1. The number of hydrogen-bond donors (Lipinski definition) is 3. The maximum absolute atomic E-state index is 12.2. The van der Waals surface area contributed by atoms with Gasteiger partial charge in [-0.05, 0) is 13.3 Å². The summed E-state index contributed by atoms with van der Waals surface area (Å²) in [4.78, 5) is 25.1. The van der Waals surface area contributed by atoms with E-state index in [2.05, 4.69) is 10.2 Å². The van der Waals surface area contributed by atoms with E-state index in [4.69, 9.17) is 5.73 Å². The Morgan fingerprint density at radius 1 is 1.50 bits per heavy atom. The molecular weight excluding hydrogens is 354 g/mol. The Morgan fingerprint density at radius 2 is 2.25 bits per heavy atom. The van der Waals surface area contributed by atoms with Crippen LogP contribution >= 0.6 is 23.5 Å². The maximum atomic E-state index is 12.2. The van der Waals surface area contributed by atoms with Crippen LogP contribution < -0.4 is 5.73 Å². The van der Waals surface area contributed by atoms with E-state index >= 15 is 0 Å². The first-order chi connectivity index (χ1) is 11.4. The lowest BCUT2D eigenvalue weighted by Crippen LogP contribution is -2.60. The SMILES string of the molecule is CC(O)[C@H]1C(=O)N2C(C(=O)O)=C(SC3CCn4c(N)nnc43)S[C@H]12. The van der Waals surface area contributed by atoms with E-state index in [9.17, 15) is 19.8 Å². The normalized spacial score (nSPS) is 29.5. The highest BCUT2D eigenvalue weighted by molar-refractivity contribution is 8.22. The number of fused-ring (bicyclic) bond motifs is 2. The molecule has 11 heteroatoms. The molecule has 128 valence electrons. The summed E-state index contributed by atoms with van der Waals surface area (Å²) in [6.45, 7) is 2.24. The fourth-order valence-electron chi connectivity index (χ4n) is 3.24. The second kappa shape index (κ2) is 5.39. The Balaban J connectivity index is 1.61. The van der Waals surface area contributed by atoms with Gasteiger partial charge in [-0.25, -0.2) is 4.79 Å². The number of nitrogens with two attached hydrogens (primary N) is 1. The van der Waals surface area contributed by atoms with E-state index in [0.29, 0.717) is 16.7 Å². The summed E-state index contributed by atoms with van der Waals surface area (Å²) in [5.41, 5.74) is 5.75. The smallest absolute Gasteiger partial charge is 0.354 e. The lowest BCUT2D eigenvalue weighted by atomic mass is 9.92. The lowest BCUT2D eigenvalue weighted by Gasteiger charge is -2.43. The third kappa shape index (κ3) is 2.07. The molecule has 1 fully saturated rings. The predicted octanol–water partition coefficient (Wildman–Crippen LogP) is 0.204. The minimum atomic E-state index is -1.14. The Morgan fingerprint density at radius 3 is 2.92 bits per heavy atom. The summed E-state index contributed by atoms with van der Waals surface area (Å²) in [5.74, 6) is -0.959. The van der Waals surface area contributed by atoms with Crippen LogP contribution in [0.15, 0.2) is 9.93 Å². The minimum absolute atomic E-state index is 0.00263. The Labute approximate surface area is 145 Å². The number of nitrogens with zero attached hydrogens (tertiary/aromatic N) is 4. The van der Waals surface area contributed by atoms with Crippen molar-refractivity contribution >= 4 is 41.3 Å². The van der Waals surface area contributed by atoms with E-state index in [0.717, 1.165) is 12.2 Å². The molecule has 0 saturated carbocycles. The largest absolute Gasteiger partial charge is 0.477 e. The van der Waals surface area contributed by atoms with Crippen LogP contribution in [0.5, 0.6) is 0 Å². The van der Waals surface area contributed by atoms with Crippen LogP contribution in [0.4, 0.5) is 5.95 Å². The molecule has 4 atom stereocenters. The van der Waals surface area contributed by atoms with Crippen molar-refractivity contribution < 1.29 is 19.8 Å². The monoisotopic (exact) mass is 369 g/mol. The van der Waals surface area contributed by atoms with Crippen molar-refractivity contribution in [3.63, 3.8) is 0 Å². The molecular formula is C13H15N5O4S2. The first-order valence-electron chi connectivity index (χ1n) is 7.40. The Hall–Kier alpha value is -1.72. The third-order valence-corrected chi connectivity index (χ3v) is 7.30. The maximum Gasteiger partial charge on any atom is 0.354 e. The summed E-state index contributed by atoms with van der Waals surface area (Å²) in [7, 11) is 0. The average molecular weight is 369 g/mol. The highest BCUT2D eigenvalue weighted by Crippen LogP contribution is 2.57. The van der Waals surface area contributed by atoms with Crippen molar-refractivity contribution in [1.82, 2.24) is 19.7 Å². The summed E-state index contributed by atoms with van der Waals surface area (Å²) >= 11 is 2.70. The minimum Gasteiger partial charge on any atom is -0.477 e. The molecule has 1 aromatic rings. The standard InChI is InChI=1S/C13H15N5O4S2/c1-4(19)6-9(20)18-7(11(21)22)12(24-10(6)18)23-5-2-3-17-8(5)15-16-13(17)14/h4-6,10,19H,2-3H2,1H3,(H2,14,16)(H,21,22)/t4?,5?,6-,10+/m0/s1. The molecule has 0 aromatic carbocycles. The van der Waals surface area contributed by atoms with Crippen molar-refractivity contribution in [2.45, 2.75) is 36.6 Å². The van der Waals surface area contributed by atoms with Crippen molar-refractivity contribution in [2.24, 2.45) is 5.92 Å². The molecule has 1 amide bonds. The van der Waals surface area contributed by atoms with Gasteiger partial charge in [0.15, 0.2) is 5.70 Å².